The zero-order valence-electron chi connectivity index (χ0n) is 9.73. The van der Waals surface area contributed by atoms with Crippen LogP contribution in [0, 0.1) is 0 Å². The number of hydrogen-bond acceptors (Lipinski definition) is 2. The Bertz CT molecular complexity index is 427. The quantitative estimate of drug-likeness (QED) is 0.751. The van der Waals surface area contributed by atoms with Gasteiger partial charge in [0.1, 0.15) is 5.82 Å². The monoisotopic (exact) mass is 203 g/mol. The van der Waals surface area contributed by atoms with Gasteiger partial charge in [-0.1, -0.05) is 27.7 Å². The molecule has 15 heavy (non-hydrogen) atoms. The SMILES string of the molecule is CC(C)c1nc(C(C)C)n2ncccc12. The highest BCUT2D eigenvalue weighted by atomic mass is 15.3. The van der Waals surface area contributed by atoms with E-state index in [0.717, 1.165) is 17.0 Å². The molecule has 0 atom stereocenters. The Hall–Kier alpha value is -1.38. The normalized spacial score (nSPS) is 11.9. The fourth-order valence-electron chi connectivity index (χ4n) is 1.78. The first-order valence-electron chi connectivity index (χ1n) is 5.44. The number of imidazole rings is 1. The average Bonchev–Trinajstić information content (AvgIpc) is 2.56. The van der Waals surface area contributed by atoms with Crippen molar-refractivity contribution in [3.63, 3.8) is 0 Å². The van der Waals surface area contributed by atoms with Crippen LogP contribution in [-0.2, 0) is 0 Å². The predicted molar refractivity (Wildman–Crippen MR) is 61.2 cm³/mol. The van der Waals surface area contributed by atoms with Crippen LogP contribution in [0.3, 0.4) is 0 Å². The highest BCUT2D eigenvalue weighted by molar-refractivity contribution is 5.53. The maximum atomic E-state index is 4.69. The largest absolute Gasteiger partial charge is 0.235 e. The summed E-state index contributed by atoms with van der Waals surface area (Å²) in [6.07, 6.45) is 1.81. The van der Waals surface area contributed by atoms with Gasteiger partial charge in [0.15, 0.2) is 0 Å². The second kappa shape index (κ2) is 3.65. The Labute approximate surface area is 90.1 Å². The molecular formula is C12H17N3. The van der Waals surface area contributed by atoms with Crippen molar-refractivity contribution in [2.75, 3.05) is 0 Å². The van der Waals surface area contributed by atoms with Gasteiger partial charge < -0.3 is 0 Å². The summed E-state index contributed by atoms with van der Waals surface area (Å²) in [6.45, 7) is 8.62. The Morgan fingerprint density at radius 2 is 1.87 bits per heavy atom. The predicted octanol–water partition coefficient (Wildman–Crippen LogP) is 2.98. The lowest BCUT2D eigenvalue weighted by Gasteiger charge is -2.01. The molecular weight excluding hydrogens is 186 g/mol. The number of aromatic nitrogens is 3. The Morgan fingerprint density at radius 3 is 2.47 bits per heavy atom. The molecule has 0 aliphatic heterocycles. The maximum Gasteiger partial charge on any atom is 0.133 e. The van der Waals surface area contributed by atoms with E-state index in [1.54, 1.807) is 0 Å². The summed E-state index contributed by atoms with van der Waals surface area (Å²) in [5, 5.41) is 4.36. The summed E-state index contributed by atoms with van der Waals surface area (Å²) in [5.41, 5.74) is 2.28. The van der Waals surface area contributed by atoms with Crippen LogP contribution in [0.15, 0.2) is 18.3 Å². The first-order chi connectivity index (χ1) is 7.11. The molecule has 0 saturated heterocycles. The molecule has 0 unspecified atom stereocenters. The van der Waals surface area contributed by atoms with Crippen LogP contribution in [0.1, 0.15) is 51.0 Å². The molecule has 0 saturated carbocycles. The number of rotatable bonds is 2. The fourth-order valence-corrected chi connectivity index (χ4v) is 1.78. The molecule has 0 spiro atoms. The molecule has 0 bridgehead atoms. The minimum absolute atomic E-state index is 0.403. The third-order valence-corrected chi connectivity index (χ3v) is 2.53. The lowest BCUT2D eigenvalue weighted by Crippen LogP contribution is -1.99. The number of nitrogens with zero attached hydrogens (tertiary/aromatic N) is 3. The molecule has 0 radical (unpaired) electrons. The smallest absolute Gasteiger partial charge is 0.133 e. The highest BCUT2D eigenvalue weighted by Crippen LogP contribution is 2.23. The molecule has 2 heterocycles. The third-order valence-electron chi connectivity index (χ3n) is 2.53. The molecule has 2 rings (SSSR count). The van der Waals surface area contributed by atoms with Crippen LogP contribution in [-0.4, -0.2) is 14.6 Å². The lowest BCUT2D eigenvalue weighted by atomic mass is 10.1. The molecule has 2 aromatic heterocycles. The molecule has 0 aliphatic rings. The molecule has 0 aromatic carbocycles. The zero-order chi connectivity index (χ0) is 11.0. The van der Waals surface area contributed by atoms with Gasteiger partial charge in [0.05, 0.1) is 11.2 Å². The van der Waals surface area contributed by atoms with E-state index >= 15 is 0 Å². The average molecular weight is 203 g/mol. The second-order valence-corrected chi connectivity index (χ2v) is 4.49. The molecule has 80 valence electrons. The van der Waals surface area contributed by atoms with Crippen LogP contribution in [0.2, 0.25) is 0 Å². The molecule has 3 nitrogen and oxygen atoms in total. The van der Waals surface area contributed by atoms with Gasteiger partial charge in [-0.25, -0.2) is 9.50 Å². The third kappa shape index (κ3) is 1.62. The van der Waals surface area contributed by atoms with Crippen molar-refractivity contribution in [1.29, 1.82) is 0 Å². The van der Waals surface area contributed by atoms with Crippen LogP contribution >= 0.6 is 0 Å². The van der Waals surface area contributed by atoms with Gasteiger partial charge in [-0.15, -0.1) is 0 Å². The highest BCUT2D eigenvalue weighted by Gasteiger charge is 2.15. The van der Waals surface area contributed by atoms with Crippen molar-refractivity contribution in [2.24, 2.45) is 0 Å². The fraction of sp³-hybridized carbons (Fsp3) is 0.500. The standard InChI is InChI=1S/C12H17N3/c1-8(2)11-10-6-5-7-13-15(10)12(14-11)9(3)4/h5-9H,1-4H3. The van der Waals surface area contributed by atoms with E-state index in [2.05, 4.69) is 43.8 Å². The van der Waals surface area contributed by atoms with E-state index < -0.39 is 0 Å². The Balaban J connectivity index is 2.73. The number of fused-ring (bicyclic) bond motifs is 1. The van der Waals surface area contributed by atoms with E-state index in [9.17, 15) is 0 Å². The van der Waals surface area contributed by atoms with Gasteiger partial charge in [0.25, 0.3) is 0 Å². The summed E-state index contributed by atoms with van der Waals surface area (Å²) < 4.78 is 1.96. The first-order valence-corrected chi connectivity index (χ1v) is 5.44. The van der Waals surface area contributed by atoms with Gasteiger partial charge in [-0.3, -0.25) is 0 Å². The van der Waals surface area contributed by atoms with Crippen LogP contribution < -0.4 is 0 Å². The van der Waals surface area contributed by atoms with Crippen molar-refractivity contribution in [3.05, 3.63) is 29.8 Å². The van der Waals surface area contributed by atoms with Gasteiger partial charge >= 0.3 is 0 Å². The van der Waals surface area contributed by atoms with Gasteiger partial charge in [-0.05, 0) is 18.1 Å². The minimum Gasteiger partial charge on any atom is -0.235 e. The summed E-state index contributed by atoms with van der Waals surface area (Å²) in [7, 11) is 0. The lowest BCUT2D eigenvalue weighted by molar-refractivity contribution is 0.720. The van der Waals surface area contributed by atoms with Gasteiger partial charge in [-0.2, -0.15) is 5.10 Å². The summed E-state index contributed by atoms with van der Waals surface area (Å²) in [4.78, 5) is 4.69. The van der Waals surface area contributed by atoms with E-state index in [1.807, 2.05) is 16.8 Å². The van der Waals surface area contributed by atoms with Crippen LogP contribution in [0.4, 0.5) is 0 Å². The van der Waals surface area contributed by atoms with Gasteiger partial charge in [0, 0.05) is 12.1 Å². The van der Waals surface area contributed by atoms with Crippen molar-refractivity contribution in [3.8, 4) is 0 Å². The number of hydrogen-bond donors (Lipinski definition) is 0. The molecule has 0 amide bonds. The summed E-state index contributed by atoms with van der Waals surface area (Å²) in [5.74, 6) is 1.89. The summed E-state index contributed by atoms with van der Waals surface area (Å²) >= 11 is 0. The first kappa shape index (κ1) is 10.1. The summed E-state index contributed by atoms with van der Waals surface area (Å²) in [6, 6.07) is 4.05. The van der Waals surface area contributed by atoms with Crippen molar-refractivity contribution in [1.82, 2.24) is 14.6 Å². The zero-order valence-corrected chi connectivity index (χ0v) is 9.73. The molecule has 0 aliphatic carbocycles. The van der Waals surface area contributed by atoms with Crippen molar-refractivity contribution in [2.45, 2.75) is 39.5 Å². The van der Waals surface area contributed by atoms with E-state index in [0.29, 0.717) is 11.8 Å². The van der Waals surface area contributed by atoms with E-state index in [-0.39, 0.29) is 0 Å². The second-order valence-electron chi connectivity index (χ2n) is 4.49. The van der Waals surface area contributed by atoms with E-state index in [1.165, 1.54) is 0 Å². The van der Waals surface area contributed by atoms with Crippen LogP contribution in [0.5, 0.6) is 0 Å². The maximum absolute atomic E-state index is 4.69. The van der Waals surface area contributed by atoms with Crippen molar-refractivity contribution >= 4 is 5.52 Å². The Morgan fingerprint density at radius 1 is 1.13 bits per heavy atom. The minimum atomic E-state index is 0.403. The molecule has 3 heteroatoms. The Kier molecular flexibility index (Phi) is 2.47. The van der Waals surface area contributed by atoms with Gasteiger partial charge in [0.2, 0.25) is 0 Å². The molecule has 2 aromatic rings. The van der Waals surface area contributed by atoms with E-state index in [4.69, 9.17) is 0 Å². The van der Waals surface area contributed by atoms with Crippen molar-refractivity contribution < 1.29 is 0 Å². The topological polar surface area (TPSA) is 30.2 Å². The van der Waals surface area contributed by atoms with Crippen LogP contribution in [0.25, 0.3) is 5.52 Å². The molecule has 0 fully saturated rings. The molecule has 0 N–H and O–H groups in total.